The van der Waals surface area contributed by atoms with Crippen LogP contribution < -0.4 is 0 Å². The molecule has 16 heavy (non-hydrogen) atoms. The second-order valence-corrected chi connectivity index (χ2v) is 6.06. The van der Waals surface area contributed by atoms with E-state index >= 15 is 0 Å². The number of halogens is 2. The Bertz CT molecular complexity index is 430. The minimum Gasteiger partial charge on any atom is -0.429 e. The van der Waals surface area contributed by atoms with Crippen molar-refractivity contribution in [1.82, 2.24) is 0 Å². The Morgan fingerprint density at radius 2 is 2.00 bits per heavy atom. The Morgan fingerprint density at radius 3 is 2.50 bits per heavy atom. The van der Waals surface area contributed by atoms with E-state index < -0.39 is 9.15 Å². The molecule has 0 N–H and O–H groups in total. The van der Waals surface area contributed by atoms with Crippen LogP contribution in [-0.4, -0.2) is 15.1 Å². The van der Waals surface area contributed by atoms with Gasteiger partial charge in [-0.1, -0.05) is 68.8 Å². The molecule has 1 fully saturated rings. The van der Waals surface area contributed by atoms with Gasteiger partial charge in [-0.3, -0.25) is 4.79 Å². The molecule has 0 spiro atoms. The molecule has 0 amide bonds. The first kappa shape index (κ1) is 11.9. The summed E-state index contributed by atoms with van der Waals surface area (Å²) in [5.74, 6) is 0.168. The van der Waals surface area contributed by atoms with Gasteiger partial charge >= 0.3 is 5.97 Å². The second-order valence-electron chi connectivity index (χ2n) is 3.73. The van der Waals surface area contributed by atoms with Crippen LogP contribution in [-0.2, 0) is 16.0 Å². The summed E-state index contributed by atoms with van der Waals surface area (Å²) >= 11 is 6.90. The van der Waals surface area contributed by atoms with Gasteiger partial charge in [-0.05, 0) is 12.0 Å². The normalized spacial score (nSPS) is 29.2. The van der Waals surface area contributed by atoms with E-state index in [2.05, 4.69) is 38.4 Å². The van der Waals surface area contributed by atoms with Crippen molar-refractivity contribution >= 4 is 37.8 Å². The highest BCUT2D eigenvalue weighted by Gasteiger charge is 2.50. The lowest BCUT2D eigenvalue weighted by molar-refractivity contribution is -0.134. The van der Waals surface area contributed by atoms with Gasteiger partial charge in [0.2, 0.25) is 0 Å². The largest absolute Gasteiger partial charge is 0.429 e. The number of cyclic esters (lactones) is 1. The number of rotatable bonds is 2. The lowest BCUT2D eigenvalue weighted by Gasteiger charge is -2.22. The molecule has 0 unspecified atom stereocenters. The van der Waals surface area contributed by atoms with Gasteiger partial charge in [0.15, 0.2) is 0 Å². The Morgan fingerprint density at radius 1 is 1.38 bits per heavy atom. The summed E-state index contributed by atoms with van der Waals surface area (Å²) in [7, 11) is 0. The average Bonchev–Trinajstić information content (AvgIpc) is 2.45. The predicted molar refractivity (Wildman–Crippen MR) is 69.8 cm³/mol. The van der Waals surface area contributed by atoms with Gasteiger partial charge in [-0.2, -0.15) is 0 Å². The van der Waals surface area contributed by atoms with Gasteiger partial charge in [0.25, 0.3) is 0 Å². The standard InChI is InChI=1S/C12H10Br2O2/c1-8-12(14,10(13)11(15)16-8)7-9-5-3-2-4-6-9/h2-6,10H,1,7H2/t10-,12+/m0/s1. The molecule has 1 saturated heterocycles. The molecule has 0 saturated carbocycles. The first-order chi connectivity index (χ1) is 7.54. The quantitative estimate of drug-likeness (QED) is 0.607. The topological polar surface area (TPSA) is 26.3 Å². The molecule has 0 aromatic heterocycles. The molecular weight excluding hydrogens is 336 g/mol. The maximum absolute atomic E-state index is 11.4. The number of benzene rings is 1. The minimum absolute atomic E-state index is 0.294. The van der Waals surface area contributed by atoms with E-state index in [4.69, 9.17) is 4.74 Å². The second kappa shape index (κ2) is 4.34. The van der Waals surface area contributed by atoms with Gasteiger partial charge in [-0.15, -0.1) is 0 Å². The Hall–Kier alpha value is -0.610. The van der Waals surface area contributed by atoms with Crippen molar-refractivity contribution in [1.29, 1.82) is 0 Å². The number of ether oxygens (including phenoxy) is 1. The lowest BCUT2D eigenvalue weighted by Crippen LogP contribution is -2.33. The number of alkyl halides is 2. The predicted octanol–water partition coefficient (Wildman–Crippen LogP) is 3.20. The molecule has 1 aromatic rings. The molecule has 2 nitrogen and oxygen atoms in total. The first-order valence-electron chi connectivity index (χ1n) is 4.82. The first-order valence-corrected chi connectivity index (χ1v) is 6.53. The minimum atomic E-state index is -0.550. The van der Waals surface area contributed by atoms with E-state index in [1.165, 1.54) is 0 Å². The van der Waals surface area contributed by atoms with E-state index in [1.54, 1.807) is 0 Å². The van der Waals surface area contributed by atoms with Crippen LogP contribution in [0.2, 0.25) is 0 Å². The van der Waals surface area contributed by atoms with E-state index in [-0.39, 0.29) is 5.97 Å². The van der Waals surface area contributed by atoms with Crippen molar-refractivity contribution in [3.05, 3.63) is 48.2 Å². The summed E-state index contributed by atoms with van der Waals surface area (Å²) in [5, 5.41) is 0. The molecule has 1 aliphatic heterocycles. The summed E-state index contributed by atoms with van der Waals surface area (Å²) in [5.41, 5.74) is 1.13. The van der Waals surface area contributed by atoms with Gasteiger partial charge in [0, 0.05) is 0 Å². The van der Waals surface area contributed by atoms with Gasteiger partial charge in [0.05, 0.1) is 0 Å². The van der Waals surface area contributed by atoms with Crippen molar-refractivity contribution in [3.8, 4) is 0 Å². The molecule has 1 heterocycles. The van der Waals surface area contributed by atoms with Crippen LogP contribution in [0.1, 0.15) is 5.56 Å². The maximum atomic E-state index is 11.4. The zero-order valence-corrected chi connectivity index (χ0v) is 11.6. The zero-order valence-electron chi connectivity index (χ0n) is 8.45. The molecule has 0 radical (unpaired) electrons. The van der Waals surface area contributed by atoms with E-state index in [0.29, 0.717) is 12.2 Å². The van der Waals surface area contributed by atoms with E-state index in [0.717, 1.165) is 5.56 Å². The van der Waals surface area contributed by atoms with Crippen LogP contribution in [0.5, 0.6) is 0 Å². The van der Waals surface area contributed by atoms with Crippen LogP contribution in [0.25, 0.3) is 0 Å². The smallest absolute Gasteiger partial charge is 0.326 e. The molecule has 0 bridgehead atoms. The van der Waals surface area contributed by atoms with Crippen LogP contribution in [0, 0.1) is 0 Å². The van der Waals surface area contributed by atoms with Gasteiger partial charge < -0.3 is 4.74 Å². The average molecular weight is 346 g/mol. The van der Waals surface area contributed by atoms with Crippen molar-refractivity contribution in [2.45, 2.75) is 15.6 Å². The highest BCUT2D eigenvalue weighted by Crippen LogP contribution is 2.44. The number of carbonyl (C=O) groups excluding carboxylic acids is 1. The molecule has 2 rings (SSSR count). The van der Waals surface area contributed by atoms with Crippen molar-refractivity contribution in [2.75, 3.05) is 0 Å². The van der Waals surface area contributed by atoms with Gasteiger partial charge in [0.1, 0.15) is 14.9 Å². The number of hydrogen-bond acceptors (Lipinski definition) is 2. The Kier molecular flexibility index (Phi) is 3.22. The number of carbonyl (C=O) groups is 1. The third-order valence-electron chi connectivity index (χ3n) is 2.60. The van der Waals surface area contributed by atoms with Crippen LogP contribution in [0.3, 0.4) is 0 Å². The summed E-state index contributed by atoms with van der Waals surface area (Å²) in [6.45, 7) is 3.78. The molecular formula is C12H10Br2O2. The highest BCUT2D eigenvalue weighted by atomic mass is 79.9. The van der Waals surface area contributed by atoms with E-state index in [1.807, 2.05) is 30.3 Å². The Balaban J connectivity index is 2.26. The van der Waals surface area contributed by atoms with E-state index in [9.17, 15) is 4.79 Å². The van der Waals surface area contributed by atoms with Crippen molar-refractivity contribution in [2.24, 2.45) is 0 Å². The lowest BCUT2D eigenvalue weighted by atomic mass is 9.96. The summed E-state index contributed by atoms with van der Waals surface area (Å²) in [6, 6.07) is 9.92. The molecule has 84 valence electrons. The third-order valence-corrected chi connectivity index (χ3v) is 5.55. The monoisotopic (exact) mass is 344 g/mol. The number of allylic oxidation sites excluding steroid dienone is 1. The molecule has 0 aliphatic carbocycles. The summed E-state index contributed by atoms with van der Waals surface area (Å²) in [4.78, 5) is 11.0. The summed E-state index contributed by atoms with van der Waals surface area (Å²) < 4.78 is 4.48. The molecule has 4 heteroatoms. The number of esters is 1. The fourth-order valence-electron chi connectivity index (χ4n) is 1.67. The van der Waals surface area contributed by atoms with Crippen LogP contribution in [0.15, 0.2) is 42.7 Å². The maximum Gasteiger partial charge on any atom is 0.326 e. The number of hydrogen-bond donors (Lipinski definition) is 0. The van der Waals surface area contributed by atoms with Gasteiger partial charge in [-0.25, -0.2) is 0 Å². The highest BCUT2D eigenvalue weighted by molar-refractivity contribution is 9.13. The molecule has 1 aromatic carbocycles. The van der Waals surface area contributed by atoms with Crippen molar-refractivity contribution in [3.63, 3.8) is 0 Å². The third kappa shape index (κ3) is 1.96. The molecule has 1 aliphatic rings. The summed E-state index contributed by atoms with van der Waals surface area (Å²) in [6.07, 6.45) is 0.661. The fraction of sp³-hybridized carbons (Fsp3) is 0.250. The SMILES string of the molecule is C=C1OC(=O)[C@H](Br)[C@@]1(Br)Cc1ccccc1. The Labute approximate surface area is 111 Å². The van der Waals surface area contributed by atoms with Crippen LogP contribution in [0.4, 0.5) is 0 Å². The van der Waals surface area contributed by atoms with Crippen LogP contribution >= 0.6 is 31.9 Å². The zero-order chi connectivity index (χ0) is 11.8. The van der Waals surface area contributed by atoms with Crippen molar-refractivity contribution < 1.29 is 9.53 Å². The fourth-order valence-corrected chi connectivity index (χ4v) is 2.77. The molecule has 2 atom stereocenters.